The van der Waals surface area contributed by atoms with Gasteiger partial charge in [-0.25, -0.2) is 0 Å². The van der Waals surface area contributed by atoms with E-state index in [-0.39, 0.29) is 0 Å². The van der Waals surface area contributed by atoms with Crippen LogP contribution in [0.15, 0.2) is 36.4 Å². The molecule has 2 rings (SSSR count). The van der Waals surface area contributed by atoms with Crippen LogP contribution in [0.2, 0.25) is 0 Å². The minimum Gasteiger partial charge on any atom is -0.371 e. The van der Waals surface area contributed by atoms with E-state index >= 15 is 0 Å². The summed E-state index contributed by atoms with van der Waals surface area (Å²) >= 11 is 0. The Morgan fingerprint density at radius 2 is 1.68 bits per heavy atom. The molecule has 0 bridgehead atoms. The highest BCUT2D eigenvalue weighted by molar-refractivity contribution is 6.00. The Labute approximate surface area is 109 Å². The molecule has 0 aromatic heterocycles. The average Bonchev–Trinajstić information content (AvgIpc) is 2.89. The zero-order chi connectivity index (χ0) is 13.9. The zero-order valence-electron chi connectivity index (χ0n) is 10.3. The minimum absolute atomic E-state index is 0.362. The van der Waals surface area contributed by atoms with E-state index < -0.39 is 12.0 Å². The summed E-state index contributed by atoms with van der Waals surface area (Å²) in [5.41, 5.74) is 1.00. The Hall–Kier alpha value is -1.78. The molecule has 0 aliphatic carbocycles. The van der Waals surface area contributed by atoms with Crippen molar-refractivity contribution in [1.29, 1.82) is 0 Å². The number of rotatable bonds is 3. The van der Waals surface area contributed by atoms with Crippen LogP contribution >= 0.6 is 0 Å². The van der Waals surface area contributed by atoms with Crippen LogP contribution < -0.4 is 0 Å². The number of benzene rings is 1. The summed E-state index contributed by atoms with van der Waals surface area (Å²) in [4.78, 5) is 13.0. The average molecular weight is 269 g/mol. The highest BCUT2D eigenvalue weighted by atomic mass is 19.4. The van der Waals surface area contributed by atoms with Gasteiger partial charge in [0.2, 0.25) is 0 Å². The summed E-state index contributed by atoms with van der Waals surface area (Å²) in [6.07, 6.45) is -2.24. The van der Waals surface area contributed by atoms with Gasteiger partial charge in [0, 0.05) is 24.9 Å². The largest absolute Gasteiger partial charge is 0.454 e. The Balaban J connectivity index is 2.35. The molecule has 1 aromatic rings. The van der Waals surface area contributed by atoms with Crippen LogP contribution in [0.3, 0.4) is 0 Å². The van der Waals surface area contributed by atoms with Crippen molar-refractivity contribution >= 4 is 11.5 Å². The van der Waals surface area contributed by atoms with Gasteiger partial charge in [0.25, 0.3) is 5.78 Å². The molecule has 19 heavy (non-hydrogen) atoms. The van der Waals surface area contributed by atoms with E-state index in [4.69, 9.17) is 0 Å². The fourth-order valence-corrected chi connectivity index (χ4v) is 2.13. The summed E-state index contributed by atoms with van der Waals surface area (Å²) in [6, 6.07) is 8.72. The summed E-state index contributed by atoms with van der Waals surface area (Å²) in [5, 5.41) is 0. The van der Waals surface area contributed by atoms with Gasteiger partial charge >= 0.3 is 6.18 Å². The van der Waals surface area contributed by atoms with Crippen LogP contribution in [-0.4, -0.2) is 29.9 Å². The summed E-state index contributed by atoms with van der Waals surface area (Å²) < 4.78 is 37.2. The lowest BCUT2D eigenvalue weighted by Crippen LogP contribution is -2.24. The van der Waals surface area contributed by atoms with Crippen LogP contribution in [0.4, 0.5) is 13.2 Å². The van der Waals surface area contributed by atoms with Gasteiger partial charge in [0.1, 0.15) is 0 Å². The van der Waals surface area contributed by atoms with E-state index in [0.29, 0.717) is 30.4 Å². The lowest BCUT2D eigenvalue weighted by molar-refractivity contribution is -0.165. The normalized spacial score (nSPS) is 16.8. The van der Waals surface area contributed by atoms with Gasteiger partial charge in [0.15, 0.2) is 0 Å². The molecular weight excluding hydrogens is 255 g/mol. The third-order valence-electron chi connectivity index (χ3n) is 3.06. The molecule has 1 fully saturated rings. The zero-order valence-corrected chi connectivity index (χ0v) is 10.3. The molecule has 1 aromatic carbocycles. The van der Waals surface area contributed by atoms with Crippen molar-refractivity contribution in [3.8, 4) is 0 Å². The SMILES string of the molecule is O=C(/C=C(\c1ccccc1)N1CCCC1)C(F)(F)F. The first kappa shape index (κ1) is 13.6. The van der Waals surface area contributed by atoms with Crippen LogP contribution in [0.5, 0.6) is 0 Å². The van der Waals surface area contributed by atoms with Gasteiger partial charge in [-0.15, -0.1) is 0 Å². The number of alkyl halides is 3. The highest BCUT2D eigenvalue weighted by Gasteiger charge is 2.37. The Kier molecular flexibility index (Phi) is 3.93. The second-order valence-corrected chi connectivity index (χ2v) is 4.45. The summed E-state index contributed by atoms with van der Waals surface area (Å²) in [6.45, 7) is 1.37. The second-order valence-electron chi connectivity index (χ2n) is 4.45. The Morgan fingerprint density at radius 3 is 2.21 bits per heavy atom. The topological polar surface area (TPSA) is 20.3 Å². The molecule has 0 atom stereocenters. The molecule has 0 saturated carbocycles. The standard InChI is InChI=1S/C14H14F3NO/c15-14(16,17)13(19)10-12(18-8-4-5-9-18)11-6-2-1-3-7-11/h1-3,6-7,10H,4-5,8-9H2/b12-10+. The first-order valence-corrected chi connectivity index (χ1v) is 6.12. The van der Waals surface area contributed by atoms with Crippen LogP contribution in [0.25, 0.3) is 5.70 Å². The number of carbonyl (C=O) groups is 1. The van der Waals surface area contributed by atoms with Crippen molar-refractivity contribution in [3.63, 3.8) is 0 Å². The third-order valence-corrected chi connectivity index (χ3v) is 3.06. The number of allylic oxidation sites excluding steroid dienone is 1. The molecule has 1 aliphatic heterocycles. The van der Waals surface area contributed by atoms with Gasteiger partial charge in [-0.3, -0.25) is 4.79 Å². The van der Waals surface area contributed by atoms with Crippen molar-refractivity contribution < 1.29 is 18.0 Å². The third kappa shape index (κ3) is 3.36. The monoisotopic (exact) mass is 269 g/mol. The number of likely N-dealkylation sites (tertiary alicyclic amines) is 1. The molecule has 0 N–H and O–H groups in total. The van der Waals surface area contributed by atoms with Crippen molar-refractivity contribution in [1.82, 2.24) is 4.90 Å². The number of carbonyl (C=O) groups excluding carboxylic acids is 1. The maximum Gasteiger partial charge on any atom is 0.454 e. The number of hydrogen-bond acceptors (Lipinski definition) is 2. The maximum atomic E-state index is 12.4. The minimum atomic E-state index is -4.82. The predicted octanol–water partition coefficient (Wildman–Crippen LogP) is 3.25. The molecular formula is C14H14F3NO. The van der Waals surface area contributed by atoms with Crippen LogP contribution in [-0.2, 0) is 4.79 Å². The van der Waals surface area contributed by atoms with Crippen molar-refractivity contribution in [2.75, 3.05) is 13.1 Å². The van der Waals surface area contributed by atoms with Crippen molar-refractivity contribution in [3.05, 3.63) is 42.0 Å². The fraction of sp³-hybridized carbons (Fsp3) is 0.357. The smallest absolute Gasteiger partial charge is 0.371 e. The molecule has 1 aliphatic rings. The van der Waals surface area contributed by atoms with Crippen molar-refractivity contribution in [2.24, 2.45) is 0 Å². The van der Waals surface area contributed by atoms with Gasteiger partial charge in [0.05, 0.1) is 0 Å². The van der Waals surface area contributed by atoms with Gasteiger partial charge in [-0.05, 0) is 18.4 Å². The number of ketones is 1. The van der Waals surface area contributed by atoms with E-state index in [1.807, 2.05) is 4.90 Å². The lowest BCUT2D eigenvalue weighted by Gasteiger charge is -2.22. The van der Waals surface area contributed by atoms with Crippen LogP contribution in [0.1, 0.15) is 18.4 Å². The highest BCUT2D eigenvalue weighted by Crippen LogP contribution is 2.26. The molecule has 1 heterocycles. The Bertz CT molecular complexity index is 473. The molecule has 5 heteroatoms. The quantitative estimate of drug-likeness (QED) is 0.785. The summed E-state index contributed by atoms with van der Waals surface area (Å²) in [7, 11) is 0. The van der Waals surface area contributed by atoms with E-state index in [2.05, 4.69) is 0 Å². The first-order chi connectivity index (χ1) is 8.98. The van der Waals surface area contributed by atoms with Gasteiger partial charge in [-0.1, -0.05) is 30.3 Å². The molecule has 0 amide bonds. The molecule has 1 saturated heterocycles. The first-order valence-electron chi connectivity index (χ1n) is 6.12. The lowest BCUT2D eigenvalue weighted by atomic mass is 10.1. The van der Waals surface area contributed by atoms with Crippen molar-refractivity contribution in [2.45, 2.75) is 19.0 Å². The molecule has 0 radical (unpaired) electrons. The second kappa shape index (κ2) is 5.47. The molecule has 2 nitrogen and oxygen atoms in total. The van der Waals surface area contributed by atoms with Crippen LogP contribution in [0, 0.1) is 0 Å². The number of hydrogen-bond donors (Lipinski definition) is 0. The molecule has 0 spiro atoms. The van der Waals surface area contributed by atoms with E-state index in [0.717, 1.165) is 12.8 Å². The molecule has 102 valence electrons. The Morgan fingerprint density at radius 1 is 1.11 bits per heavy atom. The number of halogens is 3. The fourth-order valence-electron chi connectivity index (χ4n) is 2.13. The predicted molar refractivity (Wildman–Crippen MR) is 66.3 cm³/mol. The van der Waals surface area contributed by atoms with Gasteiger partial charge in [-0.2, -0.15) is 13.2 Å². The van der Waals surface area contributed by atoms with Gasteiger partial charge < -0.3 is 4.90 Å². The maximum absolute atomic E-state index is 12.4. The van der Waals surface area contributed by atoms with E-state index in [1.54, 1.807) is 30.3 Å². The van der Waals surface area contributed by atoms with E-state index in [1.165, 1.54) is 0 Å². The molecule has 0 unspecified atom stereocenters. The van der Waals surface area contributed by atoms with E-state index in [9.17, 15) is 18.0 Å². The summed E-state index contributed by atoms with van der Waals surface area (Å²) in [5.74, 6) is -1.81. The number of nitrogens with zero attached hydrogens (tertiary/aromatic N) is 1.